The van der Waals surface area contributed by atoms with Gasteiger partial charge in [-0.3, -0.25) is 4.90 Å². The summed E-state index contributed by atoms with van der Waals surface area (Å²) in [6, 6.07) is 0.479. The first-order valence-electron chi connectivity index (χ1n) is 6.85. The Morgan fingerprint density at radius 1 is 1.58 bits per heavy atom. The fraction of sp³-hybridized carbons (Fsp3) is 0.643. The van der Waals surface area contributed by atoms with Crippen LogP contribution in [0.2, 0.25) is 0 Å². The van der Waals surface area contributed by atoms with Gasteiger partial charge in [-0.25, -0.2) is 4.98 Å². The number of morpholine rings is 1. The lowest BCUT2D eigenvalue weighted by Gasteiger charge is -2.38. The van der Waals surface area contributed by atoms with Crippen molar-refractivity contribution in [1.29, 1.82) is 0 Å². The molecule has 0 amide bonds. The summed E-state index contributed by atoms with van der Waals surface area (Å²) in [4.78, 5) is 6.89. The minimum absolute atomic E-state index is 0.216. The predicted molar refractivity (Wildman–Crippen MR) is 75.2 cm³/mol. The molecule has 0 bridgehead atoms. The van der Waals surface area contributed by atoms with Crippen molar-refractivity contribution in [2.24, 2.45) is 0 Å². The van der Waals surface area contributed by atoms with Crippen LogP contribution in [0.1, 0.15) is 17.8 Å². The second-order valence-electron chi connectivity index (χ2n) is 5.04. The second-order valence-corrected chi connectivity index (χ2v) is 6.02. The zero-order valence-corrected chi connectivity index (χ0v) is 11.8. The quantitative estimate of drug-likeness (QED) is 0.774. The Balaban J connectivity index is 1.63. The lowest BCUT2D eigenvalue weighted by atomic mass is 10.1. The van der Waals surface area contributed by atoms with Crippen LogP contribution in [-0.4, -0.2) is 47.9 Å². The summed E-state index contributed by atoms with van der Waals surface area (Å²) in [7, 11) is 0. The molecule has 3 rings (SSSR count). The molecule has 0 N–H and O–H groups in total. The molecule has 0 aromatic carbocycles. The number of rotatable bonds is 5. The van der Waals surface area contributed by atoms with E-state index in [-0.39, 0.29) is 12.2 Å². The van der Waals surface area contributed by atoms with Gasteiger partial charge in [0.05, 0.1) is 32.0 Å². The van der Waals surface area contributed by atoms with Crippen molar-refractivity contribution in [3.05, 3.63) is 29.2 Å². The van der Waals surface area contributed by atoms with Crippen LogP contribution in [0.25, 0.3) is 0 Å². The van der Waals surface area contributed by atoms with E-state index in [4.69, 9.17) is 9.47 Å². The first-order chi connectivity index (χ1) is 9.38. The second kappa shape index (κ2) is 6.13. The molecule has 5 heteroatoms. The lowest BCUT2D eigenvalue weighted by molar-refractivity contribution is -0.111. The molecule has 0 radical (unpaired) electrons. The number of ether oxygens (including phenoxy) is 2. The fourth-order valence-electron chi connectivity index (χ4n) is 3.06. The van der Waals surface area contributed by atoms with Crippen molar-refractivity contribution in [2.75, 3.05) is 19.8 Å². The zero-order chi connectivity index (χ0) is 13.1. The minimum Gasteiger partial charge on any atom is -0.373 e. The van der Waals surface area contributed by atoms with E-state index in [9.17, 15) is 0 Å². The average Bonchev–Trinajstić information content (AvgIpc) is 3.06. The SMILES string of the molecule is C=CCO[C@H]1CC[C@H]2[C@@H]1OCCN2Cc1nccs1. The highest BCUT2D eigenvalue weighted by Crippen LogP contribution is 2.33. The van der Waals surface area contributed by atoms with Crippen molar-refractivity contribution in [3.8, 4) is 0 Å². The molecule has 1 aliphatic carbocycles. The Bertz CT molecular complexity index is 410. The van der Waals surface area contributed by atoms with Crippen LogP contribution in [0.3, 0.4) is 0 Å². The maximum absolute atomic E-state index is 5.94. The summed E-state index contributed by atoms with van der Waals surface area (Å²) in [5.74, 6) is 0. The van der Waals surface area contributed by atoms with Gasteiger partial charge in [-0.05, 0) is 12.8 Å². The van der Waals surface area contributed by atoms with Gasteiger partial charge >= 0.3 is 0 Å². The smallest absolute Gasteiger partial charge is 0.107 e. The lowest BCUT2D eigenvalue weighted by Crippen LogP contribution is -2.51. The fourth-order valence-corrected chi connectivity index (χ4v) is 3.70. The van der Waals surface area contributed by atoms with Crippen LogP contribution >= 0.6 is 11.3 Å². The third kappa shape index (κ3) is 2.89. The average molecular weight is 280 g/mol. The van der Waals surface area contributed by atoms with E-state index in [1.54, 1.807) is 11.3 Å². The first-order valence-corrected chi connectivity index (χ1v) is 7.73. The Morgan fingerprint density at radius 3 is 3.32 bits per heavy atom. The van der Waals surface area contributed by atoms with Gasteiger partial charge in [0.25, 0.3) is 0 Å². The van der Waals surface area contributed by atoms with Crippen molar-refractivity contribution in [3.63, 3.8) is 0 Å². The molecule has 2 fully saturated rings. The van der Waals surface area contributed by atoms with E-state index in [1.807, 2.05) is 17.7 Å². The van der Waals surface area contributed by atoms with E-state index in [0.717, 1.165) is 32.5 Å². The molecule has 3 atom stereocenters. The molecule has 1 saturated heterocycles. The highest BCUT2D eigenvalue weighted by atomic mass is 32.1. The van der Waals surface area contributed by atoms with Crippen LogP contribution in [0, 0.1) is 0 Å². The molecule has 1 aliphatic heterocycles. The van der Waals surface area contributed by atoms with Crippen LogP contribution in [0.4, 0.5) is 0 Å². The Labute approximate surface area is 118 Å². The van der Waals surface area contributed by atoms with E-state index in [2.05, 4.69) is 16.5 Å². The van der Waals surface area contributed by atoms with Crippen LogP contribution in [-0.2, 0) is 16.0 Å². The highest BCUT2D eigenvalue weighted by molar-refractivity contribution is 7.09. The van der Waals surface area contributed by atoms with Crippen molar-refractivity contribution < 1.29 is 9.47 Å². The molecule has 19 heavy (non-hydrogen) atoms. The predicted octanol–water partition coefficient (Wildman–Crippen LogP) is 2.08. The van der Waals surface area contributed by atoms with E-state index >= 15 is 0 Å². The topological polar surface area (TPSA) is 34.6 Å². The normalized spacial score (nSPS) is 31.3. The summed E-state index contributed by atoms with van der Waals surface area (Å²) >= 11 is 1.73. The number of hydrogen-bond acceptors (Lipinski definition) is 5. The van der Waals surface area contributed by atoms with Gasteiger partial charge in [0.2, 0.25) is 0 Å². The number of nitrogens with zero attached hydrogens (tertiary/aromatic N) is 2. The Morgan fingerprint density at radius 2 is 2.53 bits per heavy atom. The number of hydrogen-bond donors (Lipinski definition) is 0. The van der Waals surface area contributed by atoms with Gasteiger partial charge in [0.15, 0.2) is 0 Å². The van der Waals surface area contributed by atoms with E-state index in [0.29, 0.717) is 12.6 Å². The molecule has 2 heterocycles. The Kier molecular flexibility index (Phi) is 4.28. The molecular formula is C14H20N2O2S. The molecule has 4 nitrogen and oxygen atoms in total. The van der Waals surface area contributed by atoms with Crippen LogP contribution in [0.5, 0.6) is 0 Å². The molecule has 0 unspecified atom stereocenters. The number of fused-ring (bicyclic) bond motifs is 1. The molecule has 1 aromatic heterocycles. The maximum atomic E-state index is 5.94. The molecule has 2 aliphatic rings. The molecule has 104 valence electrons. The van der Waals surface area contributed by atoms with Crippen molar-refractivity contribution >= 4 is 11.3 Å². The van der Waals surface area contributed by atoms with E-state index in [1.165, 1.54) is 5.01 Å². The third-order valence-electron chi connectivity index (χ3n) is 3.90. The summed E-state index contributed by atoms with van der Waals surface area (Å²) < 4.78 is 11.8. The summed E-state index contributed by atoms with van der Waals surface area (Å²) in [5, 5.41) is 3.23. The number of aromatic nitrogens is 1. The maximum Gasteiger partial charge on any atom is 0.107 e. The molecule has 1 saturated carbocycles. The zero-order valence-electron chi connectivity index (χ0n) is 11.0. The van der Waals surface area contributed by atoms with Gasteiger partial charge in [-0.2, -0.15) is 0 Å². The van der Waals surface area contributed by atoms with Gasteiger partial charge in [-0.15, -0.1) is 17.9 Å². The van der Waals surface area contributed by atoms with E-state index < -0.39 is 0 Å². The molecular weight excluding hydrogens is 260 g/mol. The Hall–Kier alpha value is -0.750. The van der Waals surface area contributed by atoms with Gasteiger partial charge < -0.3 is 9.47 Å². The summed E-state index contributed by atoms with van der Waals surface area (Å²) in [6.45, 7) is 7.05. The summed E-state index contributed by atoms with van der Waals surface area (Å²) in [5.41, 5.74) is 0. The van der Waals surface area contributed by atoms with Crippen LogP contribution in [0.15, 0.2) is 24.2 Å². The highest BCUT2D eigenvalue weighted by Gasteiger charge is 2.43. The largest absolute Gasteiger partial charge is 0.373 e. The molecule has 0 spiro atoms. The van der Waals surface area contributed by atoms with Gasteiger partial charge in [0.1, 0.15) is 5.01 Å². The summed E-state index contributed by atoms with van der Waals surface area (Å²) in [6.07, 6.45) is 6.36. The number of thiazole rings is 1. The third-order valence-corrected chi connectivity index (χ3v) is 4.66. The minimum atomic E-state index is 0.216. The van der Waals surface area contributed by atoms with Gasteiger partial charge in [-0.1, -0.05) is 6.08 Å². The standard InChI is InChI=1S/C14H20N2O2S/c1-2-7-17-12-4-3-11-14(12)18-8-6-16(11)10-13-15-5-9-19-13/h2,5,9,11-12,14H,1,3-4,6-8,10H2/t11-,12-,14-/m0/s1. The molecule has 1 aromatic rings. The van der Waals surface area contributed by atoms with Crippen LogP contribution < -0.4 is 0 Å². The monoisotopic (exact) mass is 280 g/mol. The first kappa shape index (κ1) is 13.2. The van der Waals surface area contributed by atoms with Gasteiger partial charge in [0, 0.05) is 24.2 Å². The van der Waals surface area contributed by atoms with Crippen molar-refractivity contribution in [1.82, 2.24) is 9.88 Å². The van der Waals surface area contributed by atoms with Crippen molar-refractivity contribution in [2.45, 2.75) is 37.6 Å².